The van der Waals surface area contributed by atoms with Crippen molar-refractivity contribution in [3.05, 3.63) is 24.5 Å². The van der Waals surface area contributed by atoms with Crippen LogP contribution in [0.15, 0.2) is 24.5 Å². The number of hydrogen-bond acceptors (Lipinski definition) is 5. The van der Waals surface area contributed by atoms with E-state index in [0.717, 1.165) is 25.2 Å². The highest BCUT2D eigenvalue weighted by Gasteiger charge is 2.11. The molecule has 2 rings (SSSR count). The number of nitrogens with zero attached hydrogens (tertiary/aromatic N) is 1. The minimum Gasteiger partial charge on any atom is -0.384 e. The fraction of sp³-hybridized carbons (Fsp3) is 0.615. The summed E-state index contributed by atoms with van der Waals surface area (Å²) in [4.78, 5) is 4.08. The zero-order valence-corrected chi connectivity index (χ0v) is 12.2. The number of anilines is 1. The van der Waals surface area contributed by atoms with Crippen molar-refractivity contribution in [2.45, 2.75) is 12.5 Å². The molecule has 1 fully saturated rings. The molecule has 0 unspecified atom stereocenters. The molecular weight excluding hydrogens is 262 g/mol. The summed E-state index contributed by atoms with van der Waals surface area (Å²) in [5.41, 5.74) is 1.11. The molecule has 0 spiro atoms. The predicted octanol–water partition coefficient (Wildman–Crippen LogP) is 2.32. The van der Waals surface area contributed by atoms with Gasteiger partial charge in [0.25, 0.3) is 0 Å². The Hall–Kier alpha value is -0.390. The second-order valence-electron chi connectivity index (χ2n) is 4.32. The molecule has 1 aromatic heterocycles. The predicted molar refractivity (Wildman–Crippen MR) is 83.8 cm³/mol. The van der Waals surface area contributed by atoms with Crippen LogP contribution in [0.1, 0.15) is 6.42 Å². The van der Waals surface area contributed by atoms with Gasteiger partial charge >= 0.3 is 0 Å². The third-order valence-electron chi connectivity index (χ3n) is 2.79. The van der Waals surface area contributed by atoms with E-state index in [2.05, 4.69) is 45.2 Å². The highest BCUT2D eigenvalue weighted by atomic mass is 32.2. The first-order chi connectivity index (χ1) is 8.95. The normalized spacial score (nSPS) is 17.3. The van der Waals surface area contributed by atoms with Crippen molar-refractivity contribution in [2.24, 2.45) is 0 Å². The quantitative estimate of drug-likeness (QED) is 0.784. The van der Waals surface area contributed by atoms with Gasteiger partial charge in [0.1, 0.15) is 0 Å². The van der Waals surface area contributed by atoms with Crippen molar-refractivity contribution in [3.8, 4) is 0 Å². The van der Waals surface area contributed by atoms with Crippen molar-refractivity contribution in [1.82, 2.24) is 10.3 Å². The molecule has 1 aliphatic rings. The summed E-state index contributed by atoms with van der Waals surface area (Å²) in [6.07, 6.45) is 4.82. The van der Waals surface area contributed by atoms with Crippen LogP contribution in [0.3, 0.4) is 0 Å². The van der Waals surface area contributed by atoms with E-state index in [1.165, 1.54) is 23.0 Å². The summed E-state index contributed by atoms with van der Waals surface area (Å²) in [5, 5.41) is 7.03. The first-order valence-electron chi connectivity index (χ1n) is 6.48. The highest BCUT2D eigenvalue weighted by Crippen LogP contribution is 2.16. The van der Waals surface area contributed by atoms with Gasteiger partial charge in [0.15, 0.2) is 0 Å². The second kappa shape index (κ2) is 8.67. The Bertz CT molecular complexity index is 313. The Kier molecular flexibility index (Phi) is 6.75. The largest absolute Gasteiger partial charge is 0.384 e. The smallest absolute Gasteiger partial charge is 0.0526 e. The third kappa shape index (κ3) is 5.50. The number of thioether (sulfide) groups is 2. The van der Waals surface area contributed by atoms with E-state index < -0.39 is 0 Å². The van der Waals surface area contributed by atoms with Crippen LogP contribution in [0.4, 0.5) is 5.69 Å². The third-order valence-corrected chi connectivity index (χ3v) is 5.31. The van der Waals surface area contributed by atoms with E-state index in [0.29, 0.717) is 6.04 Å². The average molecular weight is 283 g/mol. The number of pyridine rings is 1. The number of hydrogen-bond donors (Lipinski definition) is 2. The summed E-state index contributed by atoms with van der Waals surface area (Å²) in [6.45, 7) is 2.10. The Labute approximate surface area is 118 Å². The minimum absolute atomic E-state index is 0.695. The first-order valence-corrected chi connectivity index (χ1v) is 8.79. The van der Waals surface area contributed by atoms with E-state index in [-0.39, 0.29) is 0 Å². The molecule has 1 aromatic rings. The fourth-order valence-electron chi connectivity index (χ4n) is 1.83. The van der Waals surface area contributed by atoms with E-state index in [1.807, 2.05) is 12.3 Å². The molecule has 2 heterocycles. The fourth-order valence-corrected chi connectivity index (χ4v) is 4.30. The Morgan fingerprint density at radius 1 is 1.22 bits per heavy atom. The summed E-state index contributed by atoms with van der Waals surface area (Å²) >= 11 is 4.15. The van der Waals surface area contributed by atoms with Gasteiger partial charge in [-0.25, -0.2) is 0 Å². The molecule has 0 radical (unpaired) electrons. The SMILES string of the molecule is c1cncc(NCCCNC2CSCCSC2)c1. The van der Waals surface area contributed by atoms with Crippen molar-refractivity contribution in [2.75, 3.05) is 41.4 Å². The van der Waals surface area contributed by atoms with Gasteiger partial charge in [0.05, 0.1) is 5.69 Å². The molecule has 3 nitrogen and oxygen atoms in total. The Balaban J connectivity index is 1.53. The molecular formula is C13H21N3S2. The van der Waals surface area contributed by atoms with Crippen LogP contribution in [0.2, 0.25) is 0 Å². The molecule has 0 amide bonds. The summed E-state index contributed by atoms with van der Waals surface area (Å²) in [6, 6.07) is 4.71. The van der Waals surface area contributed by atoms with Gasteiger partial charge < -0.3 is 10.6 Å². The van der Waals surface area contributed by atoms with Crippen LogP contribution in [-0.2, 0) is 0 Å². The standard InChI is InChI=1S/C13H21N3S2/c1-3-12(9-14-4-1)15-5-2-6-16-13-10-17-7-8-18-11-13/h1,3-4,9,13,15-16H,2,5-8,10-11H2. The van der Waals surface area contributed by atoms with Crippen LogP contribution in [-0.4, -0.2) is 47.1 Å². The van der Waals surface area contributed by atoms with Gasteiger partial charge in [-0.2, -0.15) is 23.5 Å². The van der Waals surface area contributed by atoms with Crippen molar-refractivity contribution < 1.29 is 0 Å². The van der Waals surface area contributed by atoms with Gasteiger partial charge in [-0.05, 0) is 25.1 Å². The molecule has 0 aromatic carbocycles. The number of rotatable bonds is 6. The Morgan fingerprint density at radius 2 is 2.06 bits per heavy atom. The maximum atomic E-state index is 4.08. The van der Waals surface area contributed by atoms with E-state index in [1.54, 1.807) is 6.20 Å². The van der Waals surface area contributed by atoms with Crippen LogP contribution in [0, 0.1) is 0 Å². The first kappa shape index (κ1) is 14.0. The van der Waals surface area contributed by atoms with Gasteiger partial charge in [0.2, 0.25) is 0 Å². The molecule has 0 bridgehead atoms. The minimum atomic E-state index is 0.695. The molecule has 0 aliphatic carbocycles. The topological polar surface area (TPSA) is 37.0 Å². The summed E-state index contributed by atoms with van der Waals surface area (Å²) in [5.74, 6) is 5.16. The number of aromatic nitrogens is 1. The maximum Gasteiger partial charge on any atom is 0.0526 e. The van der Waals surface area contributed by atoms with Crippen LogP contribution >= 0.6 is 23.5 Å². The van der Waals surface area contributed by atoms with Crippen molar-refractivity contribution in [3.63, 3.8) is 0 Å². The van der Waals surface area contributed by atoms with Gasteiger partial charge in [-0.1, -0.05) is 0 Å². The van der Waals surface area contributed by atoms with E-state index in [9.17, 15) is 0 Å². The molecule has 0 atom stereocenters. The molecule has 1 saturated heterocycles. The molecule has 5 heteroatoms. The molecule has 1 aliphatic heterocycles. The molecule has 0 saturated carbocycles. The monoisotopic (exact) mass is 283 g/mol. The lowest BCUT2D eigenvalue weighted by Gasteiger charge is -2.15. The number of nitrogens with one attached hydrogen (secondary N) is 2. The average Bonchev–Trinajstić information content (AvgIpc) is 2.68. The lowest BCUT2D eigenvalue weighted by atomic mass is 10.3. The van der Waals surface area contributed by atoms with E-state index in [4.69, 9.17) is 0 Å². The zero-order valence-electron chi connectivity index (χ0n) is 10.6. The zero-order chi connectivity index (χ0) is 12.5. The Morgan fingerprint density at radius 3 is 2.78 bits per heavy atom. The maximum absolute atomic E-state index is 4.08. The van der Waals surface area contributed by atoms with Gasteiger partial charge in [0, 0.05) is 48.0 Å². The summed E-state index contributed by atoms with van der Waals surface area (Å²) < 4.78 is 0. The van der Waals surface area contributed by atoms with E-state index >= 15 is 0 Å². The van der Waals surface area contributed by atoms with Crippen LogP contribution in [0.5, 0.6) is 0 Å². The van der Waals surface area contributed by atoms with Crippen molar-refractivity contribution >= 4 is 29.2 Å². The van der Waals surface area contributed by atoms with Crippen LogP contribution in [0.25, 0.3) is 0 Å². The van der Waals surface area contributed by atoms with Gasteiger partial charge in [-0.15, -0.1) is 0 Å². The summed E-state index contributed by atoms with van der Waals surface area (Å²) in [7, 11) is 0. The molecule has 100 valence electrons. The van der Waals surface area contributed by atoms with Crippen LogP contribution < -0.4 is 10.6 Å². The lowest BCUT2D eigenvalue weighted by molar-refractivity contribution is 0.591. The van der Waals surface area contributed by atoms with Gasteiger partial charge in [-0.3, -0.25) is 4.98 Å². The second-order valence-corrected chi connectivity index (χ2v) is 6.62. The lowest BCUT2D eigenvalue weighted by Crippen LogP contribution is -2.34. The molecule has 18 heavy (non-hydrogen) atoms. The molecule has 2 N–H and O–H groups in total. The highest BCUT2D eigenvalue weighted by molar-refractivity contribution is 8.03. The van der Waals surface area contributed by atoms with Crippen molar-refractivity contribution in [1.29, 1.82) is 0 Å².